The molecule has 0 aromatic heterocycles. The fourth-order valence-electron chi connectivity index (χ4n) is 8.13. The highest BCUT2D eigenvalue weighted by molar-refractivity contribution is 6.30. The van der Waals surface area contributed by atoms with Crippen molar-refractivity contribution in [2.24, 2.45) is 0 Å². The van der Waals surface area contributed by atoms with Crippen LogP contribution in [0.1, 0.15) is 47.9 Å². The highest BCUT2D eigenvalue weighted by atomic mass is 35.5. The number of benzene rings is 4. The Bertz CT molecular complexity index is 1880. The number of ether oxygens (including phenoxy) is 2. The Morgan fingerprint density at radius 2 is 1.12 bits per heavy atom. The lowest BCUT2D eigenvalue weighted by Gasteiger charge is -2.48. The minimum Gasteiger partial charge on any atom is -0.488 e. The van der Waals surface area contributed by atoms with E-state index in [2.05, 4.69) is 10.6 Å². The van der Waals surface area contributed by atoms with Crippen LogP contribution in [0.3, 0.4) is 0 Å². The maximum Gasteiger partial charge on any atom is 0.220 e. The van der Waals surface area contributed by atoms with Crippen molar-refractivity contribution in [1.82, 2.24) is 10.6 Å². The summed E-state index contributed by atoms with van der Waals surface area (Å²) < 4.78 is 69.1. The number of piperidine rings is 2. The van der Waals surface area contributed by atoms with Crippen LogP contribution in [0.4, 0.5) is 17.6 Å². The zero-order valence-corrected chi connectivity index (χ0v) is 28.0. The molecule has 0 unspecified atom stereocenters. The van der Waals surface area contributed by atoms with Gasteiger partial charge in [0.2, 0.25) is 5.91 Å². The molecule has 4 aliphatic heterocycles. The van der Waals surface area contributed by atoms with Crippen LogP contribution < -0.4 is 20.1 Å². The Morgan fingerprint density at radius 3 is 1.65 bits per heavy atom. The summed E-state index contributed by atoms with van der Waals surface area (Å²) in [6.07, 6.45) is 3.50. The Hall–Kier alpha value is -3.79. The minimum atomic E-state index is -0.749. The first kappa shape index (κ1) is 33.7. The standard InChI is InChI=1S/C19H16ClF2NO2.C19H18ClF2NO/c20-12-3-1-11(2-4-12)9-19-8-7-16(24)23-15(19)10-25-18-14(22)6-5-13(21)17(18)19;20-13-4-2-12(3-5-13)10-19-8-1-9-23-16(19)11-24-18-15(22)7-6-14(21)17(18)19/h1-6,15H,7-10H2,(H,23,24);2-7,16,23H,1,8-11H2/t15-,19+;16-,19+/m00/s1. The van der Waals surface area contributed by atoms with Crippen molar-refractivity contribution in [2.45, 2.75) is 61.4 Å². The normalized spacial score (nSPS) is 25.1. The summed E-state index contributed by atoms with van der Waals surface area (Å²) in [6.45, 7) is 1.33. The van der Waals surface area contributed by atoms with Crippen LogP contribution in [0, 0.1) is 23.3 Å². The van der Waals surface area contributed by atoms with Gasteiger partial charge in [-0.25, -0.2) is 17.6 Å². The van der Waals surface area contributed by atoms with Crippen LogP contribution in [0.25, 0.3) is 0 Å². The Kier molecular flexibility index (Phi) is 9.28. The van der Waals surface area contributed by atoms with E-state index in [1.807, 2.05) is 36.4 Å². The molecule has 5 nitrogen and oxygen atoms in total. The third kappa shape index (κ3) is 6.26. The summed E-state index contributed by atoms with van der Waals surface area (Å²) in [5, 5.41) is 7.62. The molecule has 49 heavy (non-hydrogen) atoms. The van der Waals surface area contributed by atoms with Crippen LogP contribution in [-0.2, 0) is 28.5 Å². The van der Waals surface area contributed by atoms with E-state index in [4.69, 9.17) is 32.7 Å². The van der Waals surface area contributed by atoms with Gasteiger partial charge in [-0.05, 0) is 98.3 Å². The molecule has 4 aromatic rings. The smallest absolute Gasteiger partial charge is 0.220 e. The van der Waals surface area contributed by atoms with Gasteiger partial charge in [0.05, 0.1) is 12.1 Å². The van der Waals surface area contributed by atoms with Gasteiger partial charge in [0, 0.05) is 38.4 Å². The van der Waals surface area contributed by atoms with E-state index in [1.54, 1.807) is 12.1 Å². The Labute approximate surface area is 291 Å². The molecule has 2 fully saturated rings. The molecule has 1 amide bonds. The summed E-state index contributed by atoms with van der Waals surface area (Å²) >= 11 is 11.9. The lowest BCUT2D eigenvalue weighted by molar-refractivity contribution is -0.126. The van der Waals surface area contributed by atoms with Crippen molar-refractivity contribution < 1.29 is 31.8 Å². The highest BCUT2D eigenvalue weighted by Gasteiger charge is 2.52. The third-order valence-corrected chi connectivity index (χ3v) is 10.9. The molecule has 0 radical (unpaired) electrons. The average molecular weight is 714 g/mol. The second kappa shape index (κ2) is 13.5. The lowest BCUT2D eigenvalue weighted by Crippen LogP contribution is -2.61. The molecule has 4 atom stereocenters. The predicted octanol–water partition coefficient (Wildman–Crippen LogP) is 8.01. The summed E-state index contributed by atoms with van der Waals surface area (Å²) in [7, 11) is 0. The monoisotopic (exact) mass is 712 g/mol. The van der Waals surface area contributed by atoms with Crippen molar-refractivity contribution in [3.8, 4) is 11.5 Å². The highest BCUT2D eigenvalue weighted by Crippen LogP contribution is 2.49. The topological polar surface area (TPSA) is 59.6 Å². The summed E-state index contributed by atoms with van der Waals surface area (Å²) in [5.41, 5.74) is 1.35. The Balaban J connectivity index is 0.000000154. The molecule has 0 aliphatic carbocycles. The number of hydrogen-bond acceptors (Lipinski definition) is 4. The molecule has 2 N–H and O–H groups in total. The lowest BCUT2D eigenvalue weighted by atomic mass is 9.64. The summed E-state index contributed by atoms with van der Waals surface area (Å²) in [6, 6.07) is 19.0. The molecule has 0 spiro atoms. The van der Waals surface area contributed by atoms with Crippen molar-refractivity contribution in [1.29, 1.82) is 0 Å². The molecule has 8 rings (SSSR count). The van der Waals surface area contributed by atoms with Crippen LogP contribution in [0.2, 0.25) is 10.0 Å². The SMILES string of the molecule is Fc1ccc(F)c2c1OC[C@@H]1NCCC[C@]21Cc1ccc(Cl)cc1.O=C1CC[C@]2(Cc3ccc(Cl)cc3)c3c(F)ccc(F)c3OC[C@@H]2N1. The molecule has 2 saturated heterocycles. The van der Waals surface area contributed by atoms with E-state index >= 15 is 0 Å². The minimum absolute atomic E-state index is 0.0364. The van der Waals surface area contributed by atoms with Crippen molar-refractivity contribution in [3.05, 3.63) is 128 Å². The van der Waals surface area contributed by atoms with Crippen molar-refractivity contribution in [2.75, 3.05) is 19.8 Å². The van der Waals surface area contributed by atoms with Gasteiger partial charge in [-0.1, -0.05) is 47.5 Å². The molecule has 11 heteroatoms. The number of amides is 1. The molecular weight excluding hydrogens is 679 g/mol. The van der Waals surface area contributed by atoms with E-state index in [9.17, 15) is 22.4 Å². The molecule has 0 saturated carbocycles. The van der Waals surface area contributed by atoms with E-state index in [0.717, 1.165) is 48.7 Å². The molecule has 0 bridgehead atoms. The van der Waals surface area contributed by atoms with Gasteiger partial charge < -0.3 is 20.1 Å². The number of fused-ring (bicyclic) bond motifs is 6. The van der Waals surface area contributed by atoms with Crippen LogP contribution in [0.5, 0.6) is 11.5 Å². The summed E-state index contributed by atoms with van der Waals surface area (Å²) in [5.74, 6) is -2.04. The van der Waals surface area contributed by atoms with Gasteiger partial charge in [0.25, 0.3) is 0 Å². The second-order valence-electron chi connectivity index (χ2n) is 13.2. The summed E-state index contributed by atoms with van der Waals surface area (Å²) in [4.78, 5) is 11.9. The zero-order chi connectivity index (χ0) is 34.3. The van der Waals surface area contributed by atoms with Gasteiger partial charge in [-0.15, -0.1) is 0 Å². The number of carbonyl (C=O) groups is 1. The first-order valence-electron chi connectivity index (χ1n) is 16.3. The second-order valence-corrected chi connectivity index (χ2v) is 14.1. The van der Waals surface area contributed by atoms with E-state index in [0.29, 0.717) is 41.5 Å². The van der Waals surface area contributed by atoms with Crippen LogP contribution in [-0.4, -0.2) is 37.7 Å². The van der Waals surface area contributed by atoms with Gasteiger partial charge in [-0.3, -0.25) is 4.79 Å². The van der Waals surface area contributed by atoms with Gasteiger partial charge in [-0.2, -0.15) is 0 Å². The van der Waals surface area contributed by atoms with E-state index in [-0.39, 0.29) is 42.0 Å². The maximum atomic E-state index is 14.8. The number of hydrogen-bond donors (Lipinski definition) is 2. The number of carbonyl (C=O) groups excluding carboxylic acids is 1. The van der Waals surface area contributed by atoms with Crippen molar-refractivity contribution in [3.63, 3.8) is 0 Å². The van der Waals surface area contributed by atoms with Crippen LogP contribution in [0.15, 0.2) is 72.8 Å². The molecule has 4 aliphatic rings. The quantitative estimate of drug-likeness (QED) is 0.211. The largest absolute Gasteiger partial charge is 0.488 e. The van der Waals surface area contributed by atoms with E-state index < -0.39 is 40.1 Å². The average Bonchev–Trinajstić information content (AvgIpc) is 3.10. The van der Waals surface area contributed by atoms with Gasteiger partial charge in [0.1, 0.15) is 24.8 Å². The fraction of sp³-hybridized carbons (Fsp3) is 0.342. The third-order valence-electron chi connectivity index (χ3n) is 10.4. The number of rotatable bonds is 4. The maximum absolute atomic E-state index is 14.8. The first-order chi connectivity index (χ1) is 23.6. The van der Waals surface area contributed by atoms with E-state index in [1.165, 1.54) is 6.07 Å². The van der Waals surface area contributed by atoms with Gasteiger partial charge in [0.15, 0.2) is 23.1 Å². The Morgan fingerprint density at radius 1 is 0.653 bits per heavy atom. The molecular formula is C38H34Cl2F4N2O3. The fourth-order valence-corrected chi connectivity index (χ4v) is 8.38. The molecule has 256 valence electrons. The van der Waals surface area contributed by atoms with Crippen molar-refractivity contribution >= 4 is 29.1 Å². The molecule has 4 heterocycles. The predicted molar refractivity (Wildman–Crippen MR) is 180 cm³/mol. The van der Waals surface area contributed by atoms with Crippen LogP contribution >= 0.6 is 23.2 Å². The first-order valence-corrected chi connectivity index (χ1v) is 17.1. The number of halogens is 6. The number of nitrogens with one attached hydrogen (secondary N) is 2. The van der Waals surface area contributed by atoms with Gasteiger partial charge >= 0.3 is 0 Å². The zero-order valence-electron chi connectivity index (χ0n) is 26.4. The molecule has 4 aromatic carbocycles.